The van der Waals surface area contributed by atoms with E-state index in [9.17, 15) is 4.79 Å². The van der Waals surface area contributed by atoms with E-state index in [1.807, 2.05) is 48.5 Å². The number of carbonyl (C=O) groups excluding carboxylic acids is 1. The van der Waals surface area contributed by atoms with Gasteiger partial charge in [0.15, 0.2) is 0 Å². The Morgan fingerprint density at radius 1 is 1.08 bits per heavy atom. The number of amides is 1. The first kappa shape index (κ1) is 18.6. The van der Waals surface area contributed by atoms with Crippen molar-refractivity contribution in [2.24, 2.45) is 0 Å². The number of hydrogen-bond acceptors (Lipinski definition) is 3. The second-order valence-corrected chi connectivity index (χ2v) is 7.18. The standard InChI is InChI=1S/C22H29N3O/c1-18(25-14-8-3-9-15-25)17-24-22(26)21(19-10-4-2-5-11-19)16-20-12-6-7-13-23-20/h2,4-7,10-13,18,21H,3,8-9,14-17H2,1H3,(H,24,26). The Bertz CT molecular complexity index is 668. The average Bonchev–Trinajstić information content (AvgIpc) is 2.72. The third-order valence-corrected chi connectivity index (χ3v) is 5.24. The number of nitrogens with one attached hydrogen (secondary N) is 1. The SMILES string of the molecule is CC(CNC(=O)C(Cc1ccccn1)c1ccccc1)N1CCCCC1. The lowest BCUT2D eigenvalue weighted by molar-refractivity contribution is -0.122. The molecule has 0 spiro atoms. The molecular weight excluding hydrogens is 322 g/mol. The molecule has 2 unspecified atom stereocenters. The van der Waals surface area contributed by atoms with E-state index >= 15 is 0 Å². The van der Waals surface area contributed by atoms with Gasteiger partial charge in [0.05, 0.1) is 5.92 Å². The van der Waals surface area contributed by atoms with Gasteiger partial charge in [-0.15, -0.1) is 0 Å². The van der Waals surface area contributed by atoms with Gasteiger partial charge < -0.3 is 5.32 Å². The Morgan fingerprint density at radius 2 is 1.81 bits per heavy atom. The second-order valence-electron chi connectivity index (χ2n) is 7.18. The van der Waals surface area contributed by atoms with Crippen LogP contribution < -0.4 is 5.32 Å². The Morgan fingerprint density at radius 3 is 2.50 bits per heavy atom. The predicted octanol–water partition coefficient (Wildman–Crippen LogP) is 3.40. The van der Waals surface area contributed by atoms with Crippen LogP contribution in [0.15, 0.2) is 54.7 Å². The first-order chi connectivity index (χ1) is 12.7. The fourth-order valence-electron chi connectivity index (χ4n) is 3.64. The molecule has 1 N–H and O–H groups in total. The van der Waals surface area contributed by atoms with Crippen LogP contribution in [0.3, 0.4) is 0 Å². The molecule has 2 atom stereocenters. The summed E-state index contributed by atoms with van der Waals surface area (Å²) >= 11 is 0. The number of hydrogen-bond donors (Lipinski definition) is 1. The van der Waals surface area contributed by atoms with Gasteiger partial charge in [0.1, 0.15) is 0 Å². The minimum atomic E-state index is -0.209. The van der Waals surface area contributed by atoms with Gasteiger partial charge in [-0.3, -0.25) is 14.7 Å². The van der Waals surface area contributed by atoms with Crippen LogP contribution in [0.1, 0.15) is 43.4 Å². The van der Waals surface area contributed by atoms with Crippen molar-refractivity contribution < 1.29 is 4.79 Å². The van der Waals surface area contributed by atoms with Crippen LogP contribution >= 0.6 is 0 Å². The average molecular weight is 351 g/mol. The zero-order chi connectivity index (χ0) is 18.2. The summed E-state index contributed by atoms with van der Waals surface area (Å²) in [4.78, 5) is 19.9. The van der Waals surface area contributed by atoms with E-state index in [0.717, 1.165) is 24.3 Å². The predicted molar refractivity (Wildman–Crippen MR) is 105 cm³/mol. The molecule has 3 rings (SSSR count). The van der Waals surface area contributed by atoms with Gasteiger partial charge in [-0.05, 0) is 50.6 Å². The number of likely N-dealkylation sites (tertiary alicyclic amines) is 1. The zero-order valence-corrected chi connectivity index (χ0v) is 15.6. The Labute approximate surface area is 156 Å². The summed E-state index contributed by atoms with van der Waals surface area (Å²) in [6.45, 7) is 5.20. The lowest BCUT2D eigenvalue weighted by atomic mass is 9.93. The fraction of sp³-hybridized carbons (Fsp3) is 0.455. The molecule has 0 aliphatic carbocycles. The van der Waals surface area contributed by atoms with Crippen molar-refractivity contribution in [2.75, 3.05) is 19.6 Å². The minimum Gasteiger partial charge on any atom is -0.354 e. The lowest BCUT2D eigenvalue weighted by Gasteiger charge is -2.32. The van der Waals surface area contributed by atoms with Crippen LogP contribution in [-0.4, -0.2) is 41.5 Å². The molecule has 0 bridgehead atoms. The van der Waals surface area contributed by atoms with Crippen LogP contribution in [0.5, 0.6) is 0 Å². The zero-order valence-electron chi connectivity index (χ0n) is 15.6. The van der Waals surface area contributed by atoms with Gasteiger partial charge in [-0.1, -0.05) is 42.8 Å². The van der Waals surface area contributed by atoms with Crippen LogP contribution in [-0.2, 0) is 11.2 Å². The summed E-state index contributed by atoms with van der Waals surface area (Å²) in [7, 11) is 0. The van der Waals surface area contributed by atoms with Crippen molar-refractivity contribution >= 4 is 5.91 Å². The maximum Gasteiger partial charge on any atom is 0.227 e. The molecule has 1 aliphatic heterocycles. The normalized spacial score (nSPS) is 17.4. The lowest BCUT2D eigenvalue weighted by Crippen LogP contribution is -2.45. The third-order valence-electron chi connectivity index (χ3n) is 5.24. The Hall–Kier alpha value is -2.20. The van der Waals surface area contributed by atoms with E-state index in [1.54, 1.807) is 6.20 Å². The van der Waals surface area contributed by atoms with E-state index in [-0.39, 0.29) is 11.8 Å². The molecule has 1 saturated heterocycles. The molecular formula is C22H29N3O. The molecule has 1 aliphatic rings. The number of rotatable bonds is 7. The molecule has 1 aromatic carbocycles. The number of benzene rings is 1. The maximum atomic E-state index is 13.0. The highest BCUT2D eigenvalue weighted by atomic mass is 16.1. The number of aromatic nitrogens is 1. The molecule has 4 heteroatoms. The quantitative estimate of drug-likeness (QED) is 0.831. The molecule has 1 aromatic heterocycles. The fourth-order valence-corrected chi connectivity index (χ4v) is 3.64. The summed E-state index contributed by atoms with van der Waals surface area (Å²) in [5, 5.41) is 3.19. The third kappa shape index (κ3) is 5.15. The molecule has 0 saturated carbocycles. The highest BCUT2D eigenvalue weighted by molar-refractivity contribution is 5.84. The van der Waals surface area contributed by atoms with Gasteiger partial charge in [0.25, 0.3) is 0 Å². The van der Waals surface area contributed by atoms with E-state index in [2.05, 4.69) is 22.1 Å². The first-order valence-electron chi connectivity index (χ1n) is 9.70. The highest BCUT2D eigenvalue weighted by Crippen LogP contribution is 2.20. The van der Waals surface area contributed by atoms with Gasteiger partial charge in [-0.2, -0.15) is 0 Å². The molecule has 1 fully saturated rings. The molecule has 4 nitrogen and oxygen atoms in total. The topological polar surface area (TPSA) is 45.2 Å². The summed E-state index contributed by atoms with van der Waals surface area (Å²) < 4.78 is 0. The Balaban J connectivity index is 1.64. The van der Waals surface area contributed by atoms with Crippen LogP contribution in [0.25, 0.3) is 0 Å². The van der Waals surface area contributed by atoms with Crippen molar-refractivity contribution in [2.45, 2.75) is 44.6 Å². The van der Waals surface area contributed by atoms with Crippen LogP contribution in [0.4, 0.5) is 0 Å². The number of nitrogens with zero attached hydrogens (tertiary/aromatic N) is 2. The molecule has 2 aromatic rings. The van der Waals surface area contributed by atoms with Crippen molar-refractivity contribution in [1.29, 1.82) is 0 Å². The van der Waals surface area contributed by atoms with Crippen molar-refractivity contribution in [1.82, 2.24) is 15.2 Å². The molecule has 2 heterocycles. The van der Waals surface area contributed by atoms with E-state index in [1.165, 1.54) is 19.3 Å². The van der Waals surface area contributed by atoms with Crippen molar-refractivity contribution in [3.05, 3.63) is 66.0 Å². The van der Waals surface area contributed by atoms with Crippen LogP contribution in [0.2, 0.25) is 0 Å². The second kappa shape index (κ2) is 9.48. The Kier molecular flexibility index (Phi) is 6.78. The van der Waals surface area contributed by atoms with Crippen molar-refractivity contribution in [3.63, 3.8) is 0 Å². The van der Waals surface area contributed by atoms with Crippen molar-refractivity contribution in [3.8, 4) is 0 Å². The number of carbonyl (C=O) groups is 1. The van der Waals surface area contributed by atoms with Gasteiger partial charge in [0, 0.05) is 30.9 Å². The number of pyridine rings is 1. The van der Waals surface area contributed by atoms with E-state index < -0.39 is 0 Å². The molecule has 26 heavy (non-hydrogen) atoms. The molecule has 1 amide bonds. The largest absolute Gasteiger partial charge is 0.354 e. The minimum absolute atomic E-state index is 0.0886. The van der Waals surface area contributed by atoms with Gasteiger partial charge in [0.2, 0.25) is 5.91 Å². The highest BCUT2D eigenvalue weighted by Gasteiger charge is 2.23. The van der Waals surface area contributed by atoms with E-state index in [0.29, 0.717) is 19.0 Å². The summed E-state index contributed by atoms with van der Waals surface area (Å²) in [5.74, 6) is -0.120. The van der Waals surface area contributed by atoms with E-state index in [4.69, 9.17) is 0 Å². The summed E-state index contributed by atoms with van der Waals surface area (Å²) in [6, 6.07) is 16.3. The van der Waals surface area contributed by atoms with Gasteiger partial charge >= 0.3 is 0 Å². The number of piperidine rings is 1. The maximum absolute atomic E-state index is 13.0. The van der Waals surface area contributed by atoms with Crippen LogP contribution in [0, 0.1) is 0 Å². The molecule has 138 valence electrons. The summed E-state index contributed by atoms with van der Waals surface area (Å²) in [6.07, 6.45) is 6.27. The van der Waals surface area contributed by atoms with Gasteiger partial charge in [-0.25, -0.2) is 0 Å². The first-order valence-corrected chi connectivity index (χ1v) is 9.70. The smallest absolute Gasteiger partial charge is 0.227 e. The molecule has 0 radical (unpaired) electrons. The monoisotopic (exact) mass is 351 g/mol. The summed E-state index contributed by atoms with van der Waals surface area (Å²) in [5.41, 5.74) is 1.99.